The van der Waals surface area contributed by atoms with Gasteiger partial charge in [-0.2, -0.15) is 26.3 Å². The Morgan fingerprint density at radius 3 is 2.28 bits per heavy atom. The number of hydrogen-bond acceptors (Lipinski definition) is 7. The normalized spacial score (nSPS) is 20.7. The Bertz CT molecular complexity index is 1540. The quantitative estimate of drug-likeness (QED) is 0.335. The average Bonchev–Trinajstić information content (AvgIpc) is 3.16. The number of imide groups is 1. The first-order valence-corrected chi connectivity index (χ1v) is 15.1. The summed E-state index contributed by atoms with van der Waals surface area (Å²) in [6.45, 7) is 4.27. The van der Waals surface area contributed by atoms with Gasteiger partial charge in [-0.25, -0.2) is 4.79 Å². The molecule has 0 saturated carbocycles. The minimum Gasteiger partial charge on any atom is -0.486 e. The van der Waals surface area contributed by atoms with Gasteiger partial charge in [0, 0.05) is 37.4 Å². The first-order chi connectivity index (χ1) is 22.0. The number of halogens is 6. The zero-order chi connectivity index (χ0) is 34.4. The van der Waals surface area contributed by atoms with Crippen LogP contribution in [0.1, 0.15) is 43.4 Å². The van der Waals surface area contributed by atoms with E-state index in [1.165, 1.54) is 11.8 Å². The lowest BCUT2D eigenvalue weighted by Gasteiger charge is -2.34. The molecule has 0 spiro atoms. The minimum absolute atomic E-state index is 0.115. The van der Waals surface area contributed by atoms with E-state index < -0.39 is 53.4 Å². The van der Waals surface area contributed by atoms with E-state index in [-0.39, 0.29) is 31.6 Å². The van der Waals surface area contributed by atoms with E-state index in [2.05, 4.69) is 5.32 Å². The molecule has 2 saturated heterocycles. The highest BCUT2D eigenvalue weighted by molar-refractivity contribution is 6.09. The van der Waals surface area contributed by atoms with Crippen LogP contribution in [0.15, 0.2) is 36.4 Å². The number of carbonyl (C=O) groups is 3. The molecule has 0 aliphatic carbocycles. The molecule has 2 aromatic rings. The minimum atomic E-state index is -6.01. The number of alkyl halides is 6. The van der Waals surface area contributed by atoms with Gasteiger partial charge >= 0.3 is 18.4 Å². The Morgan fingerprint density at radius 1 is 0.936 bits per heavy atom. The van der Waals surface area contributed by atoms with Gasteiger partial charge in [-0.05, 0) is 49.1 Å². The standard InChI is InChI=1S/C31H34F6N4O6/c1-3-5-19-16-21(29(45,30(32,33)34)31(35,36)37)6-8-22(19)39-10-4-11-40(13-12-39)25(42)18-41-26(43)28(2,38-27(41)44)20-7-9-23-24(17-20)47-15-14-46-23/h6-9,16-17,45H,3-5,10-15,18H2,1-2H3,(H,38,44). The molecular formula is C31H34F6N4O6. The number of ether oxygens (including phenoxy) is 2. The molecule has 0 aromatic heterocycles. The smallest absolute Gasteiger partial charge is 0.430 e. The zero-order valence-corrected chi connectivity index (χ0v) is 25.6. The third-order valence-corrected chi connectivity index (χ3v) is 8.71. The van der Waals surface area contributed by atoms with E-state index in [4.69, 9.17) is 9.47 Å². The van der Waals surface area contributed by atoms with Crippen molar-refractivity contribution in [2.24, 2.45) is 0 Å². The Hall–Kier alpha value is -4.21. The first kappa shape index (κ1) is 34.1. The summed E-state index contributed by atoms with van der Waals surface area (Å²) in [5.41, 5.74) is -6.81. The highest BCUT2D eigenvalue weighted by Gasteiger charge is 2.71. The second kappa shape index (κ2) is 12.4. The van der Waals surface area contributed by atoms with E-state index in [1.807, 2.05) is 0 Å². The summed E-state index contributed by atoms with van der Waals surface area (Å²) in [5.74, 6) is -0.212. The van der Waals surface area contributed by atoms with Crippen molar-refractivity contribution in [1.82, 2.24) is 15.1 Å². The number of fused-ring (bicyclic) bond motifs is 1. The summed E-state index contributed by atoms with van der Waals surface area (Å²) < 4.78 is 92.3. The summed E-state index contributed by atoms with van der Waals surface area (Å²) >= 11 is 0. The number of benzene rings is 2. The maximum absolute atomic E-state index is 13.5. The average molecular weight is 673 g/mol. The van der Waals surface area contributed by atoms with Gasteiger partial charge in [-0.1, -0.05) is 31.5 Å². The monoisotopic (exact) mass is 672 g/mol. The second-order valence-electron chi connectivity index (χ2n) is 11.8. The molecule has 1 atom stereocenters. The molecule has 3 aliphatic rings. The SMILES string of the molecule is CCCc1cc(C(O)(C(F)(F)F)C(F)(F)F)ccc1N1CCCN(C(=O)CN2C(=O)NC(C)(c3ccc4c(c3)OCCO4)C2=O)CC1. The number of aryl methyl sites for hydroxylation is 1. The fourth-order valence-electron chi connectivity index (χ4n) is 6.11. The predicted octanol–water partition coefficient (Wildman–Crippen LogP) is 4.23. The van der Waals surface area contributed by atoms with E-state index in [1.54, 1.807) is 30.0 Å². The Morgan fingerprint density at radius 2 is 1.62 bits per heavy atom. The van der Waals surface area contributed by atoms with Crippen LogP contribution in [0.5, 0.6) is 11.5 Å². The van der Waals surface area contributed by atoms with E-state index in [9.17, 15) is 45.8 Å². The van der Waals surface area contributed by atoms with Crippen LogP contribution in [-0.2, 0) is 27.1 Å². The molecule has 5 rings (SSSR count). The van der Waals surface area contributed by atoms with Crippen molar-refractivity contribution in [2.75, 3.05) is 50.8 Å². The Balaban J connectivity index is 1.29. The van der Waals surface area contributed by atoms with Gasteiger partial charge in [0.15, 0.2) is 11.5 Å². The molecule has 0 bridgehead atoms. The van der Waals surface area contributed by atoms with Gasteiger partial charge in [-0.15, -0.1) is 0 Å². The molecule has 4 amide bonds. The number of rotatable bonds is 7. The molecule has 16 heteroatoms. The van der Waals surface area contributed by atoms with Crippen molar-refractivity contribution < 1.29 is 55.3 Å². The van der Waals surface area contributed by atoms with Crippen LogP contribution in [0.2, 0.25) is 0 Å². The summed E-state index contributed by atoms with van der Waals surface area (Å²) in [7, 11) is 0. The molecule has 1 unspecified atom stereocenters. The number of urea groups is 1. The Kier molecular flexibility index (Phi) is 9.03. The molecular weight excluding hydrogens is 638 g/mol. The van der Waals surface area contributed by atoms with Crippen LogP contribution in [0.3, 0.4) is 0 Å². The predicted molar refractivity (Wildman–Crippen MR) is 155 cm³/mol. The molecule has 3 heterocycles. The van der Waals surface area contributed by atoms with Gasteiger partial charge < -0.3 is 29.7 Å². The third kappa shape index (κ3) is 6.14. The van der Waals surface area contributed by atoms with Crippen LogP contribution in [0.4, 0.5) is 36.8 Å². The largest absolute Gasteiger partial charge is 0.486 e. The van der Waals surface area contributed by atoms with Crippen LogP contribution < -0.4 is 19.7 Å². The molecule has 256 valence electrons. The summed E-state index contributed by atoms with van der Waals surface area (Å²) in [6.07, 6.45) is -11.1. The number of amides is 4. The van der Waals surface area contributed by atoms with Crippen LogP contribution in [-0.4, -0.2) is 91.0 Å². The number of anilines is 1. The van der Waals surface area contributed by atoms with Crippen LogP contribution in [0, 0.1) is 0 Å². The highest BCUT2D eigenvalue weighted by atomic mass is 19.4. The number of aliphatic hydroxyl groups is 1. The second-order valence-corrected chi connectivity index (χ2v) is 11.8. The van der Waals surface area contributed by atoms with Crippen molar-refractivity contribution in [3.63, 3.8) is 0 Å². The lowest BCUT2D eigenvalue weighted by atomic mass is 9.89. The topological polar surface area (TPSA) is 112 Å². The lowest BCUT2D eigenvalue weighted by Crippen LogP contribution is -2.54. The van der Waals surface area contributed by atoms with E-state index in [0.29, 0.717) is 61.4 Å². The third-order valence-electron chi connectivity index (χ3n) is 8.71. The fourth-order valence-corrected chi connectivity index (χ4v) is 6.11. The molecule has 3 aliphatic heterocycles. The Labute approximate surface area is 266 Å². The summed E-state index contributed by atoms with van der Waals surface area (Å²) in [6, 6.07) is 6.62. The van der Waals surface area contributed by atoms with Gasteiger partial charge in [0.2, 0.25) is 5.91 Å². The number of nitrogens with zero attached hydrogens (tertiary/aromatic N) is 3. The van der Waals surface area contributed by atoms with E-state index >= 15 is 0 Å². The molecule has 47 heavy (non-hydrogen) atoms. The summed E-state index contributed by atoms with van der Waals surface area (Å²) in [5, 5.41) is 12.6. The number of hydrogen-bond donors (Lipinski definition) is 2. The van der Waals surface area contributed by atoms with Gasteiger partial charge in [0.1, 0.15) is 25.3 Å². The van der Waals surface area contributed by atoms with Crippen molar-refractivity contribution >= 4 is 23.5 Å². The highest BCUT2D eigenvalue weighted by Crippen LogP contribution is 2.50. The first-order valence-electron chi connectivity index (χ1n) is 15.1. The maximum Gasteiger partial charge on any atom is 0.430 e. The molecule has 2 fully saturated rings. The van der Waals surface area contributed by atoms with Crippen molar-refractivity contribution in [1.29, 1.82) is 0 Å². The molecule has 2 N–H and O–H groups in total. The van der Waals surface area contributed by atoms with E-state index in [0.717, 1.165) is 17.0 Å². The van der Waals surface area contributed by atoms with Crippen molar-refractivity contribution in [3.05, 3.63) is 53.1 Å². The molecule has 10 nitrogen and oxygen atoms in total. The zero-order valence-electron chi connectivity index (χ0n) is 25.6. The molecule has 2 aromatic carbocycles. The number of carbonyl (C=O) groups excluding carboxylic acids is 3. The maximum atomic E-state index is 13.5. The lowest BCUT2D eigenvalue weighted by molar-refractivity contribution is -0.376. The van der Waals surface area contributed by atoms with Crippen molar-refractivity contribution in [3.8, 4) is 11.5 Å². The van der Waals surface area contributed by atoms with Crippen LogP contribution >= 0.6 is 0 Å². The molecule has 0 radical (unpaired) electrons. The number of nitrogens with one attached hydrogen (secondary N) is 1. The fraction of sp³-hybridized carbons (Fsp3) is 0.516. The van der Waals surface area contributed by atoms with Crippen molar-refractivity contribution in [2.45, 2.75) is 56.6 Å². The summed E-state index contributed by atoms with van der Waals surface area (Å²) in [4.78, 5) is 43.8. The van der Waals surface area contributed by atoms with Gasteiger partial charge in [0.05, 0.1) is 0 Å². The van der Waals surface area contributed by atoms with Crippen LogP contribution in [0.25, 0.3) is 0 Å². The van der Waals surface area contributed by atoms with Gasteiger partial charge in [0.25, 0.3) is 11.5 Å². The van der Waals surface area contributed by atoms with Gasteiger partial charge in [-0.3, -0.25) is 14.5 Å².